The van der Waals surface area contributed by atoms with Crippen molar-refractivity contribution >= 4 is 22.6 Å². The summed E-state index contributed by atoms with van der Waals surface area (Å²) in [4.78, 5) is 28.4. The number of hydrogen-bond donors (Lipinski definition) is 2. The first kappa shape index (κ1) is 20.9. The summed E-state index contributed by atoms with van der Waals surface area (Å²) in [5.74, 6) is 0.0239. The second kappa shape index (κ2) is 8.53. The van der Waals surface area contributed by atoms with Crippen LogP contribution in [0.15, 0.2) is 42.5 Å². The van der Waals surface area contributed by atoms with E-state index in [4.69, 9.17) is 0 Å². The number of carbonyl (C=O) groups excluding carboxylic acids is 2. The Kier molecular flexibility index (Phi) is 5.58. The molecular weight excluding hydrogens is 403 g/mol. The lowest BCUT2D eigenvalue weighted by atomic mass is 9.90. The number of H-pyrrole nitrogens is 1. The van der Waals surface area contributed by atoms with Crippen molar-refractivity contribution in [2.45, 2.75) is 63.8 Å². The first-order chi connectivity index (χ1) is 15.5. The molecule has 4 nitrogen and oxygen atoms in total. The van der Waals surface area contributed by atoms with E-state index in [0.717, 1.165) is 71.8 Å². The topological polar surface area (TPSA) is 62.0 Å². The maximum Gasteiger partial charge on any atom is 0.227 e. The Balaban J connectivity index is 1.28. The molecule has 3 aromatic rings. The fourth-order valence-electron chi connectivity index (χ4n) is 5.36. The van der Waals surface area contributed by atoms with Crippen LogP contribution in [0.5, 0.6) is 0 Å². The molecule has 2 aromatic carbocycles. The highest BCUT2D eigenvalue weighted by Crippen LogP contribution is 2.35. The van der Waals surface area contributed by atoms with Crippen molar-refractivity contribution in [2.75, 3.05) is 0 Å². The van der Waals surface area contributed by atoms with Gasteiger partial charge >= 0.3 is 0 Å². The van der Waals surface area contributed by atoms with Gasteiger partial charge in [0.1, 0.15) is 11.6 Å². The van der Waals surface area contributed by atoms with Gasteiger partial charge in [0.2, 0.25) is 5.91 Å². The maximum absolute atomic E-state index is 13.7. The van der Waals surface area contributed by atoms with Crippen molar-refractivity contribution < 1.29 is 14.0 Å². The Hall–Kier alpha value is -2.95. The zero-order valence-electron chi connectivity index (χ0n) is 18.4. The third kappa shape index (κ3) is 3.96. The van der Waals surface area contributed by atoms with E-state index in [1.807, 2.05) is 19.1 Å². The second-order valence-electron chi connectivity index (χ2n) is 9.38. The molecule has 32 heavy (non-hydrogen) atoms. The van der Waals surface area contributed by atoms with Crippen LogP contribution in [0.4, 0.5) is 4.39 Å². The highest BCUT2D eigenvalue weighted by atomic mass is 19.1. The van der Waals surface area contributed by atoms with Gasteiger partial charge in [-0.1, -0.05) is 24.3 Å². The first-order valence-electron chi connectivity index (χ1n) is 11.7. The number of benzene rings is 2. The number of aromatic amines is 1. The summed E-state index contributed by atoms with van der Waals surface area (Å²) >= 11 is 0. The van der Waals surface area contributed by atoms with Gasteiger partial charge in [0, 0.05) is 28.9 Å². The number of fused-ring (bicyclic) bond motifs is 3. The lowest BCUT2D eigenvalue weighted by Gasteiger charge is -2.25. The van der Waals surface area contributed by atoms with Crippen LogP contribution in [0, 0.1) is 11.7 Å². The van der Waals surface area contributed by atoms with E-state index in [-0.39, 0.29) is 29.6 Å². The van der Waals surface area contributed by atoms with Gasteiger partial charge < -0.3 is 10.3 Å². The third-order valence-corrected chi connectivity index (χ3v) is 7.27. The predicted molar refractivity (Wildman–Crippen MR) is 123 cm³/mol. The van der Waals surface area contributed by atoms with Gasteiger partial charge in [0.15, 0.2) is 0 Å². The number of aryl methyl sites for hydroxylation is 1. The molecule has 1 heterocycles. The van der Waals surface area contributed by atoms with Crippen LogP contribution in [-0.4, -0.2) is 16.7 Å². The van der Waals surface area contributed by atoms with Crippen molar-refractivity contribution in [3.63, 3.8) is 0 Å². The van der Waals surface area contributed by atoms with E-state index < -0.39 is 0 Å². The summed E-state index contributed by atoms with van der Waals surface area (Å²) in [6.07, 6.45) is 6.24. The number of ketones is 1. The van der Waals surface area contributed by atoms with Gasteiger partial charge in [0.25, 0.3) is 0 Å². The van der Waals surface area contributed by atoms with Gasteiger partial charge in [-0.2, -0.15) is 0 Å². The summed E-state index contributed by atoms with van der Waals surface area (Å²) in [6, 6.07) is 12.9. The van der Waals surface area contributed by atoms with Gasteiger partial charge in [-0.15, -0.1) is 0 Å². The van der Waals surface area contributed by atoms with E-state index in [2.05, 4.69) is 22.4 Å². The third-order valence-electron chi connectivity index (χ3n) is 7.27. The number of hydrogen-bond acceptors (Lipinski definition) is 2. The molecule has 2 aliphatic carbocycles. The standard InChI is InChI=1S/C27H29FN2O2/c1-16(18-10-8-17(9-11-18)14-19-4-2-7-25(19)31)27(32)30-24-6-3-5-21-22-15-20(28)12-13-23(22)29-26(21)24/h8-13,15-16,19,24,29H,2-7,14H2,1H3,(H,30,32)/t16-,19-,24-/m0/s1. The number of amides is 1. The lowest BCUT2D eigenvalue weighted by Crippen LogP contribution is -2.34. The largest absolute Gasteiger partial charge is 0.356 e. The highest BCUT2D eigenvalue weighted by Gasteiger charge is 2.28. The highest BCUT2D eigenvalue weighted by molar-refractivity contribution is 5.87. The summed E-state index contributed by atoms with van der Waals surface area (Å²) in [5, 5.41) is 4.14. The molecular formula is C27H29FN2O2. The van der Waals surface area contributed by atoms with E-state index in [9.17, 15) is 14.0 Å². The number of carbonyl (C=O) groups is 2. The van der Waals surface area contributed by atoms with Crippen molar-refractivity contribution in [1.82, 2.24) is 10.3 Å². The Labute approximate surface area is 187 Å². The van der Waals surface area contributed by atoms with Gasteiger partial charge in [0.05, 0.1) is 12.0 Å². The minimum absolute atomic E-state index is 0.00796. The van der Waals surface area contributed by atoms with Gasteiger partial charge in [-0.25, -0.2) is 4.39 Å². The minimum Gasteiger partial charge on any atom is -0.356 e. The van der Waals surface area contributed by atoms with Crippen molar-refractivity contribution in [2.24, 2.45) is 5.92 Å². The van der Waals surface area contributed by atoms with E-state index >= 15 is 0 Å². The number of rotatable bonds is 5. The average Bonchev–Trinajstić information content (AvgIpc) is 3.37. The fourth-order valence-corrected chi connectivity index (χ4v) is 5.36. The molecule has 1 saturated carbocycles. The molecule has 0 spiro atoms. The Morgan fingerprint density at radius 3 is 2.66 bits per heavy atom. The molecule has 5 heteroatoms. The molecule has 2 N–H and O–H groups in total. The molecule has 2 aliphatic rings. The molecule has 0 aliphatic heterocycles. The first-order valence-corrected chi connectivity index (χ1v) is 11.7. The fraction of sp³-hybridized carbons (Fsp3) is 0.407. The van der Waals surface area contributed by atoms with Crippen molar-refractivity contribution in [3.05, 3.63) is 70.7 Å². The molecule has 1 aromatic heterocycles. The lowest BCUT2D eigenvalue weighted by molar-refractivity contribution is -0.123. The van der Waals surface area contributed by atoms with Crippen LogP contribution >= 0.6 is 0 Å². The van der Waals surface area contributed by atoms with Crippen LogP contribution in [0.3, 0.4) is 0 Å². The maximum atomic E-state index is 13.7. The zero-order chi connectivity index (χ0) is 22.2. The molecule has 1 amide bonds. The van der Waals surface area contributed by atoms with Crippen LogP contribution in [-0.2, 0) is 22.4 Å². The number of Topliss-reactive ketones (excluding diaryl/α,β-unsaturated/α-hetero) is 1. The Morgan fingerprint density at radius 1 is 1.12 bits per heavy atom. The Morgan fingerprint density at radius 2 is 1.91 bits per heavy atom. The van der Waals surface area contributed by atoms with Crippen LogP contribution < -0.4 is 5.32 Å². The van der Waals surface area contributed by atoms with Gasteiger partial charge in [-0.05, 0) is 80.3 Å². The van der Waals surface area contributed by atoms with Crippen LogP contribution in [0.25, 0.3) is 10.9 Å². The monoisotopic (exact) mass is 432 g/mol. The molecule has 0 saturated heterocycles. The quantitative estimate of drug-likeness (QED) is 0.558. The molecule has 0 unspecified atom stereocenters. The summed E-state index contributed by atoms with van der Waals surface area (Å²) in [7, 11) is 0. The van der Waals surface area contributed by atoms with E-state index in [1.54, 1.807) is 12.1 Å². The molecule has 5 rings (SSSR count). The average molecular weight is 433 g/mol. The molecule has 1 fully saturated rings. The van der Waals surface area contributed by atoms with Crippen LogP contribution in [0.2, 0.25) is 0 Å². The zero-order valence-corrected chi connectivity index (χ0v) is 18.4. The molecule has 0 bridgehead atoms. The smallest absolute Gasteiger partial charge is 0.227 e. The van der Waals surface area contributed by atoms with Crippen molar-refractivity contribution in [3.8, 4) is 0 Å². The summed E-state index contributed by atoms with van der Waals surface area (Å²) in [5.41, 5.74) is 5.17. The Bertz CT molecular complexity index is 1160. The predicted octanol–water partition coefficient (Wildman–Crippen LogP) is 5.52. The van der Waals surface area contributed by atoms with E-state index in [0.29, 0.717) is 12.2 Å². The number of aromatic nitrogens is 1. The molecule has 3 atom stereocenters. The SMILES string of the molecule is C[C@H](C(=O)N[C@H]1CCCc2c1[nH]c1ccc(F)cc21)c1ccc(C[C@@H]2CCCC2=O)cc1. The normalized spacial score (nSPS) is 21.5. The minimum atomic E-state index is -0.274. The van der Waals surface area contributed by atoms with Crippen LogP contribution in [0.1, 0.15) is 73.4 Å². The molecule has 0 radical (unpaired) electrons. The number of nitrogens with one attached hydrogen (secondary N) is 2. The molecule has 166 valence electrons. The second-order valence-corrected chi connectivity index (χ2v) is 9.38. The van der Waals surface area contributed by atoms with E-state index in [1.165, 1.54) is 6.07 Å². The summed E-state index contributed by atoms with van der Waals surface area (Å²) in [6.45, 7) is 1.93. The van der Waals surface area contributed by atoms with Crippen molar-refractivity contribution in [1.29, 1.82) is 0 Å². The number of halogens is 1. The van der Waals surface area contributed by atoms with Gasteiger partial charge in [-0.3, -0.25) is 9.59 Å². The summed E-state index contributed by atoms with van der Waals surface area (Å²) < 4.78 is 13.7.